The number of benzene rings is 1. The Balaban J connectivity index is 2.07. The summed E-state index contributed by atoms with van der Waals surface area (Å²) in [6, 6.07) is 7.92. The van der Waals surface area contributed by atoms with E-state index in [9.17, 15) is 9.59 Å². The average Bonchev–Trinajstić information content (AvgIpc) is 3.02. The number of aromatic nitrogens is 1. The van der Waals surface area contributed by atoms with Gasteiger partial charge >= 0.3 is 0 Å². The third-order valence-corrected chi connectivity index (χ3v) is 4.54. The second-order valence-electron chi connectivity index (χ2n) is 6.22. The summed E-state index contributed by atoms with van der Waals surface area (Å²) < 4.78 is 1.99. The van der Waals surface area contributed by atoms with Gasteiger partial charge in [0.25, 0.3) is 11.8 Å². The monoisotopic (exact) mass is 325 g/mol. The van der Waals surface area contributed by atoms with Gasteiger partial charge in [0.2, 0.25) is 0 Å². The number of carbonyl (C=O) groups excluding carboxylic acids is 2. The topological polar surface area (TPSA) is 54.3 Å². The highest BCUT2D eigenvalue weighted by atomic mass is 16.2. The number of rotatable bonds is 6. The summed E-state index contributed by atoms with van der Waals surface area (Å²) in [5, 5.41) is 4.19. The van der Waals surface area contributed by atoms with E-state index in [1.165, 1.54) is 11.9 Å². The van der Waals surface area contributed by atoms with Crippen molar-refractivity contribution < 1.29 is 9.59 Å². The van der Waals surface area contributed by atoms with Crippen LogP contribution >= 0.6 is 0 Å². The molecule has 2 amide bonds. The highest BCUT2D eigenvalue weighted by molar-refractivity contribution is 6.36. The quantitative estimate of drug-likeness (QED) is 0.656. The van der Waals surface area contributed by atoms with E-state index in [0.29, 0.717) is 17.8 Å². The maximum absolute atomic E-state index is 12.7. The Labute approximate surface area is 141 Å². The molecule has 5 nitrogen and oxygen atoms in total. The molecule has 0 radical (unpaired) electrons. The molecule has 0 spiro atoms. The molecule has 24 heavy (non-hydrogen) atoms. The third-order valence-electron chi connectivity index (χ3n) is 4.54. The number of amides is 2. The zero-order valence-corrected chi connectivity index (χ0v) is 14.4. The lowest BCUT2D eigenvalue weighted by Crippen LogP contribution is -2.30. The molecule has 1 aliphatic rings. The minimum atomic E-state index is -0.251. The molecule has 1 aromatic heterocycles. The number of hydrogen-bond donors (Lipinski definition) is 1. The second kappa shape index (κ2) is 6.51. The van der Waals surface area contributed by atoms with E-state index in [1.807, 2.05) is 42.1 Å². The maximum Gasteiger partial charge on any atom is 0.277 e. The molecule has 1 aromatic carbocycles. The number of para-hydroxylation sites is 1. The lowest BCUT2D eigenvalue weighted by atomic mass is 10.0. The van der Waals surface area contributed by atoms with Crippen LogP contribution in [0.15, 0.2) is 36.2 Å². The molecule has 2 heterocycles. The zero-order valence-electron chi connectivity index (χ0n) is 14.4. The maximum atomic E-state index is 12.7. The molecule has 0 fully saturated rings. The van der Waals surface area contributed by atoms with Crippen molar-refractivity contribution >= 4 is 28.3 Å². The molecular weight excluding hydrogens is 302 g/mol. The Morgan fingerprint density at radius 1 is 1.04 bits per heavy atom. The predicted octanol–water partition coefficient (Wildman–Crippen LogP) is 2.67. The van der Waals surface area contributed by atoms with E-state index in [-0.39, 0.29) is 11.8 Å². The Bertz CT molecular complexity index is 832. The first-order valence-electron chi connectivity index (χ1n) is 8.41. The average molecular weight is 325 g/mol. The highest BCUT2D eigenvalue weighted by Gasteiger charge is 2.37. The molecule has 1 aliphatic heterocycles. The number of hydrogen-bond acceptors (Lipinski definition) is 3. The SMILES string of the molecule is CCCCCNC1=C(c2cn(C)c3ccccc23)C(=O)N(C)C1=O. The summed E-state index contributed by atoms with van der Waals surface area (Å²) >= 11 is 0. The van der Waals surface area contributed by atoms with Crippen molar-refractivity contribution in [1.82, 2.24) is 14.8 Å². The van der Waals surface area contributed by atoms with Gasteiger partial charge in [-0.15, -0.1) is 0 Å². The predicted molar refractivity (Wildman–Crippen MR) is 95.1 cm³/mol. The van der Waals surface area contributed by atoms with Crippen molar-refractivity contribution in [2.24, 2.45) is 7.05 Å². The number of nitrogens with zero attached hydrogens (tertiary/aromatic N) is 2. The van der Waals surface area contributed by atoms with E-state index in [4.69, 9.17) is 0 Å². The lowest BCUT2D eigenvalue weighted by molar-refractivity contribution is -0.135. The molecule has 0 bridgehead atoms. The van der Waals surface area contributed by atoms with Gasteiger partial charge in [0.15, 0.2) is 0 Å². The molecular formula is C19H23N3O2. The number of imide groups is 1. The fourth-order valence-corrected chi connectivity index (χ4v) is 3.18. The van der Waals surface area contributed by atoms with Crippen LogP contribution in [-0.4, -0.2) is 34.9 Å². The first-order valence-corrected chi connectivity index (χ1v) is 8.41. The number of nitrogens with one attached hydrogen (secondary N) is 1. The summed E-state index contributed by atoms with van der Waals surface area (Å²) in [7, 11) is 3.49. The van der Waals surface area contributed by atoms with Crippen LogP contribution in [-0.2, 0) is 16.6 Å². The third kappa shape index (κ3) is 2.60. The van der Waals surface area contributed by atoms with Gasteiger partial charge in [-0.3, -0.25) is 14.5 Å². The van der Waals surface area contributed by atoms with E-state index in [0.717, 1.165) is 35.7 Å². The van der Waals surface area contributed by atoms with Crippen LogP contribution in [0.2, 0.25) is 0 Å². The minimum Gasteiger partial charge on any atom is -0.380 e. The first-order chi connectivity index (χ1) is 11.6. The summed E-state index contributed by atoms with van der Waals surface area (Å²) in [5.74, 6) is -0.492. The van der Waals surface area contributed by atoms with Gasteiger partial charge < -0.3 is 9.88 Å². The van der Waals surface area contributed by atoms with Gasteiger partial charge in [-0.05, 0) is 12.5 Å². The van der Waals surface area contributed by atoms with Gasteiger partial charge in [0, 0.05) is 43.3 Å². The van der Waals surface area contributed by atoms with Crippen molar-refractivity contribution in [2.75, 3.05) is 13.6 Å². The highest BCUT2D eigenvalue weighted by Crippen LogP contribution is 2.33. The van der Waals surface area contributed by atoms with E-state index < -0.39 is 0 Å². The van der Waals surface area contributed by atoms with Crippen molar-refractivity contribution in [3.05, 3.63) is 41.7 Å². The van der Waals surface area contributed by atoms with Crippen molar-refractivity contribution in [2.45, 2.75) is 26.2 Å². The van der Waals surface area contributed by atoms with E-state index in [1.54, 1.807) is 0 Å². The number of carbonyl (C=O) groups is 2. The fraction of sp³-hybridized carbons (Fsp3) is 0.368. The molecule has 0 saturated heterocycles. The number of aryl methyl sites for hydroxylation is 1. The number of unbranched alkanes of at least 4 members (excludes halogenated alkanes) is 2. The van der Waals surface area contributed by atoms with Crippen molar-refractivity contribution in [3.63, 3.8) is 0 Å². The van der Waals surface area contributed by atoms with Crippen molar-refractivity contribution in [1.29, 1.82) is 0 Å². The molecule has 5 heteroatoms. The fourth-order valence-electron chi connectivity index (χ4n) is 3.18. The summed E-state index contributed by atoms with van der Waals surface area (Å²) in [6.45, 7) is 2.84. The van der Waals surface area contributed by atoms with Crippen LogP contribution in [0.25, 0.3) is 16.5 Å². The Morgan fingerprint density at radius 3 is 2.54 bits per heavy atom. The molecule has 1 N–H and O–H groups in total. The normalized spacial score (nSPS) is 15.0. The lowest BCUT2D eigenvalue weighted by Gasteiger charge is -2.08. The van der Waals surface area contributed by atoms with Crippen molar-refractivity contribution in [3.8, 4) is 0 Å². The standard InChI is InChI=1S/C19H23N3O2/c1-4-5-8-11-20-17-16(18(23)22(3)19(17)24)14-12-21(2)15-10-7-6-9-13(14)15/h6-7,9-10,12,20H,4-5,8,11H2,1-3H3. The van der Waals surface area contributed by atoms with Crippen LogP contribution in [0, 0.1) is 0 Å². The van der Waals surface area contributed by atoms with Gasteiger partial charge in [-0.25, -0.2) is 0 Å². The number of likely N-dealkylation sites (N-methyl/N-ethyl adjacent to an activating group) is 1. The second-order valence-corrected chi connectivity index (χ2v) is 6.22. The Kier molecular flexibility index (Phi) is 4.42. The molecule has 0 unspecified atom stereocenters. The Hall–Kier alpha value is -2.56. The van der Waals surface area contributed by atoms with Gasteiger partial charge in [-0.2, -0.15) is 0 Å². The van der Waals surface area contributed by atoms with Crippen LogP contribution in [0.4, 0.5) is 0 Å². The number of fused-ring (bicyclic) bond motifs is 1. The van der Waals surface area contributed by atoms with Crippen LogP contribution in [0.1, 0.15) is 31.7 Å². The largest absolute Gasteiger partial charge is 0.380 e. The minimum absolute atomic E-state index is 0.241. The van der Waals surface area contributed by atoms with Gasteiger partial charge in [0.1, 0.15) is 5.70 Å². The molecule has 0 atom stereocenters. The summed E-state index contributed by atoms with van der Waals surface area (Å²) in [4.78, 5) is 26.3. The van der Waals surface area contributed by atoms with E-state index in [2.05, 4.69) is 12.2 Å². The molecule has 3 rings (SSSR count). The van der Waals surface area contributed by atoms with Crippen LogP contribution < -0.4 is 5.32 Å². The summed E-state index contributed by atoms with van der Waals surface area (Å²) in [6.07, 6.45) is 5.12. The molecule has 0 saturated carbocycles. The summed E-state index contributed by atoms with van der Waals surface area (Å²) in [5.41, 5.74) is 2.76. The zero-order chi connectivity index (χ0) is 17.3. The van der Waals surface area contributed by atoms with Crippen LogP contribution in [0.5, 0.6) is 0 Å². The van der Waals surface area contributed by atoms with E-state index >= 15 is 0 Å². The Morgan fingerprint density at radius 2 is 1.79 bits per heavy atom. The first kappa shape index (κ1) is 16.3. The van der Waals surface area contributed by atoms with Gasteiger partial charge in [0.05, 0.1) is 5.57 Å². The molecule has 126 valence electrons. The van der Waals surface area contributed by atoms with Gasteiger partial charge in [-0.1, -0.05) is 38.0 Å². The molecule has 2 aromatic rings. The van der Waals surface area contributed by atoms with Crippen LogP contribution in [0.3, 0.4) is 0 Å². The smallest absolute Gasteiger partial charge is 0.277 e. The molecule has 0 aliphatic carbocycles.